The van der Waals surface area contributed by atoms with Crippen molar-refractivity contribution in [3.63, 3.8) is 0 Å². The van der Waals surface area contributed by atoms with E-state index < -0.39 is 6.61 Å². The molecule has 26 heavy (non-hydrogen) atoms. The minimum atomic E-state index is -2.86. The predicted molar refractivity (Wildman–Crippen MR) is 98.4 cm³/mol. The van der Waals surface area contributed by atoms with Gasteiger partial charge in [0.05, 0.1) is 18.8 Å². The summed E-state index contributed by atoms with van der Waals surface area (Å²) in [4.78, 5) is 8.91. The zero-order valence-corrected chi connectivity index (χ0v) is 15.2. The molecule has 0 amide bonds. The highest BCUT2D eigenvalue weighted by atomic mass is 19.3. The van der Waals surface area contributed by atoms with E-state index in [1.165, 1.54) is 0 Å². The summed E-state index contributed by atoms with van der Waals surface area (Å²) in [5, 5.41) is 6.33. The van der Waals surface area contributed by atoms with Gasteiger partial charge in [0, 0.05) is 17.8 Å². The van der Waals surface area contributed by atoms with Crippen molar-refractivity contribution in [1.29, 1.82) is 0 Å². The Morgan fingerprint density at radius 1 is 1.19 bits per heavy atom. The molecule has 0 aliphatic carbocycles. The lowest BCUT2D eigenvalue weighted by Crippen LogP contribution is -2.37. The van der Waals surface area contributed by atoms with E-state index in [1.54, 1.807) is 18.2 Å². The molecule has 2 rings (SSSR count). The fourth-order valence-corrected chi connectivity index (χ4v) is 2.42. The number of aromatic nitrogens is 1. The van der Waals surface area contributed by atoms with Gasteiger partial charge in [0.2, 0.25) is 0 Å². The van der Waals surface area contributed by atoms with E-state index >= 15 is 0 Å². The summed E-state index contributed by atoms with van der Waals surface area (Å²) in [6.07, 6.45) is 0. The molecule has 0 aliphatic rings. The number of hydrogen-bond donors (Lipinski definition) is 2. The predicted octanol–water partition coefficient (Wildman–Crippen LogP) is 3.56. The van der Waals surface area contributed by atoms with E-state index in [9.17, 15) is 8.78 Å². The van der Waals surface area contributed by atoms with Gasteiger partial charge in [0.25, 0.3) is 0 Å². The molecule has 1 aromatic heterocycles. The Morgan fingerprint density at radius 2 is 2.00 bits per heavy atom. The Hall–Kier alpha value is -2.70. The highest BCUT2D eigenvalue weighted by molar-refractivity contribution is 5.79. The molecule has 0 atom stereocenters. The van der Waals surface area contributed by atoms with E-state index in [-0.39, 0.29) is 12.3 Å². The Morgan fingerprint density at radius 3 is 2.69 bits per heavy atom. The topological polar surface area (TPSA) is 58.5 Å². The van der Waals surface area contributed by atoms with Crippen molar-refractivity contribution in [2.45, 2.75) is 40.5 Å². The number of halogens is 2. The smallest absolute Gasteiger partial charge is 0.387 e. The molecular weight excluding hydrogens is 338 g/mol. The molecule has 0 spiro atoms. The largest absolute Gasteiger partial charge is 0.434 e. The van der Waals surface area contributed by atoms with Crippen LogP contribution in [0.4, 0.5) is 8.78 Å². The monoisotopic (exact) mass is 362 g/mol. The maximum absolute atomic E-state index is 12.6. The van der Waals surface area contributed by atoms with Crippen molar-refractivity contribution in [3.05, 3.63) is 58.9 Å². The molecular formula is C19H24F2N4O. The molecule has 5 nitrogen and oxygen atoms in total. The molecule has 0 bridgehead atoms. The summed E-state index contributed by atoms with van der Waals surface area (Å²) in [6, 6.07) is 10.9. The minimum Gasteiger partial charge on any atom is -0.434 e. The Balaban J connectivity index is 2.09. The van der Waals surface area contributed by atoms with E-state index in [2.05, 4.69) is 25.3 Å². The first-order valence-electron chi connectivity index (χ1n) is 8.47. The second kappa shape index (κ2) is 9.70. The van der Waals surface area contributed by atoms with Gasteiger partial charge in [0.15, 0.2) is 5.96 Å². The van der Waals surface area contributed by atoms with Crippen LogP contribution in [0, 0.1) is 13.8 Å². The lowest BCUT2D eigenvalue weighted by atomic mass is 10.1. The molecule has 1 heterocycles. The van der Waals surface area contributed by atoms with Gasteiger partial charge in [-0.2, -0.15) is 8.78 Å². The third-order valence-corrected chi connectivity index (χ3v) is 3.57. The third kappa shape index (κ3) is 6.31. The van der Waals surface area contributed by atoms with Crippen LogP contribution in [0.25, 0.3) is 0 Å². The summed E-state index contributed by atoms with van der Waals surface area (Å²) in [6.45, 7) is 4.35. The lowest BCUT2D eigenvalue weighted by molar-refractivity contribution is -0.0504. The molecule has 2 aromatic rings. The van der Waals surface area contributed by atoms with Crippen molar-refractivity contribution >= 4 is 5.96 Å². The molecule has 0 unspecified atom stereocenters. The number of rotatable bonds is 7. The molecule has 0 saturated heterocycles. The maximum atomic E-state index is 12.6. The van der Waals surface area contributed by atoms with Crippen molar-refractivity contribution in [1.82, 2.24) is 15.6 Å². The molecule has 7 heteroatoms. The first-order chi connectivity index (χ1) is 12.5. The SMILES string of the molecule is CCNC(=NCc1cc(C)ccc1OC(F)F)NCc1cccc(C)n1. The molecule has 1 aromatic carbocycles. The summed E-state index contributed by atoms with van der Waals surface area (Å²) < 4.78 is 29.7. The average Bonchev–Trinajstić information content (AvgIpc) is 2.59. The summed E-state index contributed by atoms with van der Waals surface area (Å²) in [7, 11) is 0. The molecule has 0 aliphatic heterocycles. The fourth-order valence-electron chi connectivity index (χ4n) is 2.42. The number of guanidine groups is 1. The summed E-state index contributed by atoms with van der Waals surface area (Å²) in [5.41, 5.74) is 3.41. The van der Waals surface area contributed by atoms with Crippen LogP contribution in [0.15, 0.2) is 41.4 Å². The van der Waals surface area contributed by atoms with Gasteiger partial charge in [-0.05, 0) is 39.0 Å². The van der Waals surface area contributed by atoms with E-state index in [1.807, 2.05) is 39.0 Å². The van der Waals surface area contributed by atoms with Crippen molar-refractivity contribution < 1.29 is 13.5 Å². The van der Waals surface area contributed by atoms with Gasteiger partial charge in [-0.15, -0.1) is 0 Å². The number of nitrogens with zero attached hydrogens (tertiary/aromatic N) is 2. The second-order valence-electron chi connectivity index (χ2n) is 5.81. The highest BCUT2D eigenvalue weighted by Crippen LogP contribution is 2.22. The Bertz CT molecular complexity index is 750. The van der Waals surface area contributed by atoms with Crippen molar-refractivity contribution in [2.75, 3.05) is 6.54 Å². The van der Waals surface area contributed by atoms with Crippen LogP contribution in [0.3, 0.4) is 0 Å². The molecule has 140 valence electrons. The summed E-state index contributed by atoms with van der Waals surface area (Å²) >= 11 is 0. The van der Waals surface area contributed by atoms with Crippen molar-refractivity contribution in [2.24, 2.45) is 4.99 Å². The van der Waals surface area contributed by atoms with Crippen LogP contribution in [0.5, 0.6) is 5.75 Å². The number of alkyl halides is 2. The number of ether oxygens (including phenoxy) is 1. The van der Waals surface area contributed by atoms with Gasteiger partial charge < -0.3 is 15.4 Å². The zero-order valence-electron chi connectivity index (χ0n) is 15.2. The molecule has 0 fully saturated rings. The number of nitrogens with one attached hydrogen (secondary N) is 2. The number of aliphatic imine (C=N–C) groups is 1. The summed E-state index contributed by atoms with van der Waals surface area (Å²) in [5.74, 6) is 0.728. The van der Waals surface area contributed by atoms with Crippen LogP contribution in [-0.2, 0) is 13.1 Å². The van der Waals surface area contributed by atoms with Gasteiger partial charge in [-0.3, -0.25) is 4.98 Å². The standard InChI is InChI=1S/C19H24F2N4O/c1-4-22-19(24-12-16-7-5-6-14(3)25-16)23-11-15-10-13(2)8-9-17(15)26-18(20)21/h5-10,18H,4,11-12H2,1-3H3,(H2,22,23,24). The number of aryl methyl sites for hydroxylation is 2. The third-order valence-electron chi connectivity index (χ3n) is 3.57. The van der Waals surface area contributed by atoms with Crippen molar-refractivity contribution in [3.8, 4) is 5.75 Å². The van der Waals surface area contributed by atoms with Crippen LogP contribution >= 0.6 is 0 Å². The van der Waals surface area contributed by atoms with Crippen LogP contribution in [-0.4, -0.2) is 24.1 Å². The van der Waals surface area contributed by atoms with Crippen LogP contribution in [0.2, 0.25) is 0 Å². The van der Waals surface area contributed by atoms with Gasteiger partial charge in [0.1, 0.15) is 5.75 Å². The molecule has 0 radical (unpaired) electrons. The number of benzene rings is 1. The average molecular weight is 362 g/mol. The van der Waals surface area contributed by atoms with E-state index in [0.29, 0.717) is 24.6 Å². The second-order valence-corrected chi connectivity index (χ2v) is 5.81. The van der Waals surface area contributed by atoms with Gasteiger partial charge in [-0.25, -0.2) is 4.99 Å². The lowest BCUT2D eigenvalue weighted by Gasteiger charge is -2.13. The van der Waals surface area contributed by atoms with Crippen LogP contribution in [0.1, 0.15) is 29.4 Å². The Labute approximate surface area is 152 Å². The molecule has 2 N–H and O–H groups in total. The first kappa shape index (κ1) is 19.6. The molecule has 0 saturated carbocycles. The number of pyridine rings is 1. The quantitative estimate of drug-likeness (QED) is 0.584. The van der Waals surface area contributed by atoms with Gasteiger partial charge in [-0.1, -0.05) is 23.8 Å². The van der Waals surface area contributed by atoms with Gasteiger partial charge >= 0.3 is 6.61 Å². The zero-order chi connectivity index (χ0) is 18.9. The highest BCUT2D eigenvalue weighted by Gasteiger charge is 2.10. The fraction of sp³-hybridized carbons (Fsp3) is 0.368. The first-order valence-corrected chi connectivity index (χ1v) is 8.47. The Kier molecular flexibility index (Phi) is 7.32. The van der Waals surface area contributed by atoms with E-state index in [0.717, 1.165) is 17.0 Å². The maximum Gasteiger partial charge on any atom is 0.387 e. The minimum absolute atomic E-state index is 0.144. The normalized spacial score (nSPS) is 11.5. The number of hydrogen-bond acceptors (Lipinski definition) is 3. The van der Waals surface area contributed by atoms with Crippen LogP contribution < -0.4 is 15.4 Å². The van der Waals surface area contributed by atoms with E-state index in [4.69, 9.17) is 0 Å².